The van der Waals surface area contributed by atoms with Crippen molar-refractivity contribution >= 4 is 0 Å². The van der Waals surface area contributed by atoms with Crippen LogP contribution in [0.4, 0.5) is 0 Å². The van der Waals surface area contributed by atoms with Gasteiger partial charge >= 0.3 is 6.01 Å². The van der Waals surface area contributed by atoms with Gasteiger partial charge in [-0.3, -0.25) is 0 Å². The molecule has 0 aliphatic rings. The Morgan fingerprint density at radius 3 is 2.44 bits per heavy atom. The van der Waals surface area contributed by atoms with Gasteiger partial charge in [-0.15, -0.1) is 10.2 Å². The Labute approximate surface area is 188 Å². The van der Waals surface area contributed by atoms with E-state index in [9.17, 15) is 0 Å². The van der Waals surface area contributed by atoms with E-state index in [1.165, 1.54) is 5.56 Å². The number of aromatic nitrogens is 7. The lowest BCUT2D eigenvalue weighted by molar-refractivity contribution is 0.283. The lowest BCUT2D eigenvalue weighted by Crippen LogP contribution is -2.06. The van der Waals surface area contributed by atoms with E-state index in [-0.39, 0.29) is 0 Å². The van der Waals surface area contributed by atoms with Crippen molar-refractivity contribution in [3.05, 3.63) is 59.9 Å². The predicted octanol–water partition coefficient (Wildman–Crippen LogP) is 4.70. The van der Waals surface area contributed by atoms with Gasteiger partial charge in [0.25, 0.3) is 0 Å². The van der Waals surface area contributed by atoms with Gasteiger partial charge in [0, 0.05) is 18.5 Å². The summed E-state index contributed by atoms with van der Waals surface area (Å²) in [5.74, 6) is 1.59. The molecule has 0 aliphatic heterocycles. The van der Waals surface area contributed by atoms with Crippen molar-refractivity contribution in [3.63, 3.8) is 0 Å². The monoisotopic (exact) mass is 431 g/mol. The van der Waals surface area contributed by atoms with E-state index in [0.717, 1.165) is 54.7 Å². The second kappa shape index (κ2) is 10.7. The highest BCUT2D eigenvalue weighted by Crippen LogP contribution is 2.30. The van der Waals surface area contributed by atoms with Crippen LogP contribution in [0.1, 0.15) is 50.9 Å². The highest BCUT2D eigenvalue weighted by molar-refractivity contribution is 5.80. The van der Waals surface area contributed by atoms with Crippen LogP contribution >= 0.6 is 0 Å². The lowest BCUT2D eigenvalue weighted by Gasteiger charge is -2.09. The largest absolute Gasteiger partial charge is 0.462 e. The summed E-state index contributed by atoms with van der Waals surface area (Å²) in [5, 5.41) is 18.9. The molecule has 0 amide bonds. The van der Waals surface area contributed by atoms with Crippen LogP contribution in [-0.2, 0) is 13.0 Å². The van der Waals surface area contributed by atoms with Gasteiger partial charge in [-0.1, -0.05) is 75.2 Å². The van der Waals surface area contributed by atoms with Gasteiger partial charge in [-0.2, -0.15) is 4.98 Å². The van der Waals surface area contributed by atoms with Gasteiger partial charge < -0.3 is 4.74 Å². The van der Waals surface area contributed by atoms with Crippen LogP contribution in [0, 0.1) is 0 Å². The highest BCUT2D eigenvalue weighted by Gasteiger charge is 2.13. The Morgan fingerprint density at radius 1 is 0.938 bits per heavy atom. The van der Waals surface area contributed by atoms with Crippen molar-refractivity contribution < 1.29 is 4.74 Å². The fourth-order valence-electron chi connectivity index (χ4n) is 3.54. The summed E-state index contributed by atoms with van der Waals surface area (Å²) in [4.78, 5) is 4.66. The van der Waals surface area contributed by atoms with Crippen LogP contribution in [0.5, 0.6) is 6.01 Å². The van der Waals surface area contributed by atoms with E-state index < -0.39 is 0 Å². The molecule has 0 fully saturated rings. The zero-order valence-electron chi connectivity index (χ0n) is 18.7. The average molecular weight is 432 g/mol. The van der Waals surface area contributed by atoms with Crippen molar-refractivity contribution in [2.24, 2.45) is 0 Å². The zero-order valence-corrected chi connectivity index (χ0v) is 18.7. The second-order valence-electron chi connectivity index (χ2n) is 7.76. The van der Waals surface area contributed by atoms with Gasteiger partial charge in [0.15, 0.2) is 5.82 Å². The van der Waals surface area contributed by atoms with Crippen molar-refractivity contribution in [3.8, 4) is 28.5 Å². The first-order valence-electron chi connectivity index (χ1n) is 11.3. The smallest absolute Gasteiger partial charge is 0.335 e. The highest BCUT2D eigenvalue weighted by atomic mass is 16.5. The van der Waals surface area contributed by atoms with Gasteiger partial charge in [-0.05, 0) is 40.0 Å². The molecule has 0 unspecified atom stereocenters. The molecular formula is C24H29N7O. The lowest BCUT2D eigenvalue weighted by atomic mass is 9.98. The van der Waals surface area contributed by atoms with E-state index in [1.807, 2.05) is 22.9 Å². The van der Waals surface area contributed by atoms with Crippen molar-refractivity contribution in [2.75, 3.05) is 6.61 Å². The molecule has 8 nitrogen and oxygen atoms in total. The summed E-state index contributed by atoms with van der Waals surface area (Å²) in [6.45, 7) is 5.84. The zero-order chi connectivity index (χ0) is 22.2. The number of H-pyrrole nitrogens is 1. The number of unbranched alkanes of at least 4 members (excludes halogenated alkanes) is 2. The molecule has 1 N–H and O–H groups in total. The van der Waals surface area contributed by atoms with Gasteiger partial charge in [0.1, 0.15) is 5.82 Å². The van der Waals surface area contributed by atoms with Crippen LogP contribution in [0.3, 0.4) is 0 Å². The van der Waals surface area contributed by atoms with Crippen molar-refractivity contribution in [2.45, 2.75) is 52.5 Å². The molecule has 32 heavy (non-hydrogen) atoms. The maximum absolute atomic E-state index is 5.75. The first-order chi connectivity index (χ1) is 15.8. The van der Waals surface area contributed by atoms with E-state index in [2.05, 4.69) is 74.9 Å². The number of rotatable bonds is 11. The Bertz CT molecular complexity index is 1100. The molecule has 166 valence electrons. The number of hydrogen-bond donors (Lipinski definition) is 1. The molecule has 0 atom stereocenters. The van der Waals surface area contributed by atoms with E-state index >= 15 is 0 Å². The summed E-state index contributed by atoms with van der Waals surface area (Å²) in [5.41, 5.74) is 4.34. The Morgan fingerprint density at radius 2 is 1.72 bits per heavy atom. The van der Waals surface area contributed by atoms with Crippen molar-refractivity contribution in [1.29, 1.82) is 0 Å². The molecule has 0 aliphatic carbocycles. The Balaban J connectivity index is 1.53. The Kier molecular flexibility index (Phi) is 7.22. The summed E-state index contributed by atoms with van der Waals surface area (Å²) >= 11 is 0. The van der Waals surface area contributed by atoms with Crippen LogP contribution in [0.15, 0.2) is 48.5 Å². The van der Waals surface area contributed by atoms with Crippen LogP contribution in [0.2, 0.25) is 0 Å². The molecule has 2 heterocycles. The average Bonchev–Trinajstić information content (AvgIpc) is 3.49. The molecule has 4 rings (SSSR count). The maximum atomic E-state index is 5.75. The Hall–Kier alpha value is -3.55. The predicted molar refractivity (Wildman–Crippen MR) is 123 cm³/mol. The summed E-state index contributed by atoms with van der Waals surface area (Å²) in [6.07, 6.45) is 4.98. The fourth-order valence-corrected chi connectivity index (χ4v) is 3.54. The number of tetrazole rings is 1. The van der Waals surface area contributed by atoms with Crippen LogP contribution < -0.4 is 4.74 Å². The SMILES string of the molecule is CCCCOc1nc(Cc2ccc(-c3ccccc3-c3nnn[nH]3)cc2)n(CCCC)n1. The first kappa shape index (κ1) is 21.7. The fraction of sp³-hybridized carbons (Fsp3) is 0.375. The van der Waals surface area contributed by atoms with Crippen molar-refractivity contribution in [1.82, 2.24) is 35.4 Å². The number of hydrogen-bond acceptors (Lipinski definition) is 6. The van der Waals surface area contributed by atoms with E-state index in [1.54, 1.807) is 0 Å². The first-order valence-corrected chi connectivity index (χ1v) is 11.3. The summed E-state index contributed by atoms with van der Waals surface area (Å²) < 4.78 is 7.74. The third-order valence-electron chi connectivity index (χ3n) is 5.34. The molecular weight excluding hydrogens is 402 g/mol. The minimum absolute atomic E-state index is 0.482. The minimum atomic E-state index is 0.482. The molecule has 0 spiro atoms. The maximum Gasteiger partial charge on any atom is 0.335 e. The quantitative estimate of drug-likeness (QED) is 0.346. The normalized spacial score (nSPS) is 11.1. The van der Waals surface area contributed by atoms with Crippen LogP contribution in [0.25, 0.3) is 22.5 Å². The molecule has 2 aromatic heterocycles. The molecule has 0 bridgehead atoms. The number of nitrogens with one attached hydrogen (secondary N) is 1. The molecule has 0 saturated carbocycles. The molecule has 4 aromatic rings. The standard InChI is InChI=1S/C24H29N7O/c1-3-5-15-31-22(25-24(28-31)32-16-6-4-2)17-18-11-13-19(14-12-18)20-9-7-8-10-21(20)23-26-29-30-27-23/h7-14H,3-6,15-17H2,1-2H3,(H,26,27,29,30). The van der Waals surface area contributed by atoms with Gasteiger partial charge in [0.05, 0.1) is 6.61 Å². The topological polar surface area (TPSA) is 94.4 Å². The third-order valence-corrected chi connectivity index (χ3v) is 5.34. The van der Waals surface area contributed by atoms with E-state index in [0.29, 0.717) is 24.9 Å². The van der Waals surface area contributed by atoms with Crippen LogP contribution in [-0.4, -0.2) is 42.0 Å². The molecule has 8 heteroatoms. The summed E-state index contributed by atoms with van der Waals surface area (Å²) in [6, 6.07) is 17.1. The van der Waals surface area contributed by atoms with E-state index in [4.69, 9.17) is 4.74 Å². The molecule has 2 aromatic carbocycles. The number of nitrogens with zero attached hydrogens (tertiary/aromatic N) is 6. The second-order valence-corrected chi connectivity index (χ2v) is 7.76. The summed E-state index contributed by atoms with van der Waals surface area (Å²) in [7, 11) is 0. The number of aromatic amines is 1. The third kappa shape index (κ3) is 5.19. The van der Waals surface area contributed by atoms with Gasteiger partial charge in [0.2, 0.25) is 0 Å². The molecule has 0 radical (unpaired) electrons. The number of benzene rings is 2. The molecule has 0 saturated heterocycles. The number of ether oxygens (including phenoxy) is 1. The number of aryl methyl sites for hydroxylation is 1. The minimum Gasteiger partial charge on any atom is -0.462 e. The van der Waals surface area contributed by atoms with Gasteiger partial charge in [-0.25, -0.2) is 9.78 Å².